The van der Waals surface area contributed by atoms with E-state index in [2.05, 4.69) is 19.1 Å². The van der Waals surface area contributed by atoms with Gasteiger partial charge in [-0.15, -0.1) is 0 Å². The van der Waals surface area contributed by atoms with E-state index in [0.29, 0.717) is 13.0 Å². The van der Waals surface area contributed by atoms with E-state index in [1.54, 1.807) is 0 Å². The number of hydrogen-bond donors (Lipinski definition) is 0. The summed E-state index contributed by atoms with van der Waals surface area (Å²) < 4.78 is 2.02. The van der Waals surface area contributed by atoms with Crippen molar-refractivity contribution in [2.24, 2.45) is 0 Å². The summed E-state index contributed by atoms with van der Waals surface area (Å²) in [6.07, 6.45) is 0.390. The number of rotatable bonds is 7. The van der Waals surface area contributed by atoms with Gasteiger partial charge in [-0.3, -0.25) is 9.59 Å². The van der Waals surface area contributed by atoms with Crippen molar-refractivity contribution in [2.75, 3.05) is 11.4 Å². The summed E-state index contributed by atoms with van der Waals surface area (Å²) in [5.74, 6) is 0.847. The van der Waals surface area contributed by atoms with Gasteiger partial charge in [0, 0.05) is 30.6 Å². The first-order valence-corrected chi connectivity index (χ1v) is 12.6. The molecular weight excluding hydrogens is 448 g/mol. The molecule has 1 aromatic heterocycles. The Bertz CT molecular complexity index is 1360. The quantitative estimate of drug-likeness (QED) is 0.348. The molecule has 1 saturated heterocycles. The molecule has 184 valence electrons. The van der Waals surface area contributed by atoms with E-state index in [-0.39, 0.29) is 36.4 Å². The molecule has 2 amide bonds. The van der Waals surface area contributed by atoms with E-state index in [4.69, 9.17) is 4.98 Å². The van der Waals surface area contributed by atoms with Gasteiger partial charge in [0.05, 0.1) is 17.1 Å². The molecule has 2 unspecified atom stereocenters. The van der Waals surface area contributed by atoms with Gasteiger partial charge in [-0.25, -0.2) is 4.98 Å². The number of fused-ring (bicyclic) bond motifs is 1. The second-order valence-electron chi connectivity index (χ2n) is 9.77. The van der Waals surface area contributed by atoms with Crippen LogP contribution >= 0.6 is 0 Å². The number of anilines is 1. The molecule has 2 heterocycles. The Balaban J connectivity index is 1.47. The summed E-state index contributed by atoms with van der Waals surface area (Å²) in [5, 5.41) is 0. The molecule has 1 aliphatic rings. The van der Waals surface area contributed by atoms with Gasteiger partial charge in [-0.2, -0.15) is 0 Å². The van der Waals surface area contributed by atoms with Crippen molar-refractivity contribution >= 4 is 28.5 Å². The SMILES string of the molecule is CC(c1ccccc1)N1CC(c2nc3ccccc3n2CC(=O)N(c2ccccc2)C(C)C)CC1=O. The Morgan fingerprint density at radius 3 is 2.28 bits per heavy atom. The lowest BCUT2D eigenvalue weighted by molar-refractivity contribution is -0.129. The highest BCUT2D eigenvalue weighted by atomic mass is 16.2. The van der Waals surface area contributed by atoms with Gasteiger partial charge in [0.2, 0.25) is 11.8 Å². The molecular formula is C30H32N4O2. The molecule has 4 aromatic rings. The van der Waals surface area contributed by atoms with E-state index >= 15 is 0 Å². The van der Waals surface area contributed by atoms with Gasteiger partial charge in [0.15, 0.2) is 0 Å². The van der Waals surface area contributed by atoms with Crippen LogP contribution in [0.15, 0.2) is 84.9 Å². The molecule has 0 N–H and O–H groups in total. The van der Waals surface area contributed by atoms with Gasteiger partial charge >= 0.3 is 0 Å². The lowest BCUT2D eigenvalue weighted by Gasteiger charge is -2.28. The highest BCUT2D eigenvalue weighted by molar-refractivity contribution is 5.94. The van der Waals surface area contributed by atoms with Crippen molar-refractivity contribution in [1.29, 1.82) is 0 Å². The summed E-state index contributed by atoms with van der Waals surface area (Å²) in [5.41, 5.74) is 3.76. The number of imidazole rings is 1. The Morgan fingerprint density at radius 1 is 0.944 bits per heavy atom. The van der Waals surface area contributed by atoms with Crippen LogP contribution in [-0.2, 0) is 16.1 Å². The smallest absolute Gasteiger partial charge is 0.247 e. The molecule has 1 aliphatic heterocycles. The van der Waals surface area contributed by atoms with Crippen molar-refractivity contribution < 1.29 is 9.59 Å². The van der Waals surface area contributed by atoms with E-state index in [9.17, 15) is 9.59 Å². The predicted molar refractivity (Wildman–Crippen MR) is 143 cm³/mol. The molecule has 0 aliphatic carbocycles. The van der Waals surface area contributed by atoms with Crippen molar-refractivity contribution in [3.8, 4) is 0 Å². The van der Waals surface area contributed by atoms with Crippen LogP contribution in [0.25, 0.3) is 11.0 Å². The minimum absolute atomic E-state index is 0.000522. The molecule has 0 spiro atoms. The van der Waals surface area contributed by atoms with Crippen LogP contribution in [-0.4, -0.2) is 38.9 Å². The zero-order valence-corrected chi connectivity index (χ0v) is 21.0. The van der Waals surface area contributed by atoms with Crippen molar-refractivity contribution in [2.45, 2.75) is 51.7 Å². The summed E-state index contributed by atoms with van der Waals surface area (Å²) in [6.45, 7) is 6.87. The molecule has 1 fully saturated rings. The molecule has 0 saturated carbocycles. The first kappa shape index (κ1) is 23.8. The number of nitrogens with zero attached hydrogens (tertiary/aromatic N) is 4. The van der Waals surface area contributed by atoms with Gasteiger partial charge in [-0.05, 0) is 50.6 Å². The minimum Gasteiger partial charge on any atom is -0.335 e. The van der Waals surface area contributed by atoms with Crippen LogP contribution in [0.5, 0.6) is 0 Å². The fraction of sp³-hybridized carbons (Fsp3) is 0.300. The third-order valence-electron chi connectivity index (χ3n) is 7.07. The largest absolute Gasteiger partial charge is 0.335 e. The number of aromatic nitrogens is 2. The minimum atomic E-state index is -0.0758. The van der Waals surface area contributed by atoms with E-state index in [1.807, 2.05) is 101 Å². The van der Waals surface area contributed by atoms with E-state index < -0.39 is 0 Å². The predicted octanol–water partition coefficient (Wildman–Crippen LogP) is 5.56. The average Bonchev–Trinajstić information content (AvgIpc) is 3.45. The normalized spacial score (nSPS) is 16.6. The van der Waals surface area contributed by atoms with Crippen LogP contribution < -0.4 is 4.90 Å². The van der Waals surface area contributed by atoms with Crippen molar-refractivity contribution in [3.63, 3.8) is 0 Å². The van der Waals surface area contributed by atoms with Gasteiger partial charge in [0.25, 0.3) is 0 Å². The van der Waals surface area contributed by atoms with Gasteiger partial charge < -0.3 is 14.4 Å². The third-order valence-corrected chi connectivity index (χ3v) is 7.07. The summed E-state index contributed by atoms with van der Waals surface area (Å²) in [4.78, 5) is 35.5. The maximum atomic E-state index is 13.7. The molecule has 3 aromatic carbocycles. The maximum Gasteiger partial charge on any atom is 0.247 e. The molecule has 0 radical (unpaired) electrons. The summed E-state index contributed by atoms with van der Waals surface area (Å²) in [6, 6.07) is 27.8. The molecule has 6 nitrogen and oxygen atoms in total. The first-order valence-electron chi connectivity index (χ1n) is 12.6. The first-order chi connectivity index (χ1) is 17.4. The van der Waals surface area contributed by atoms with E-state index in [1.165, 1.54) is 0 Å². The maximum absolute atomic E-state index is 13.7. The topological polar surface area (TPSA) is 58.4 Å². The number of benzene rings is 3. The molecule has 0 bridgehead atoms. The summed E-state index contributed by atoms with van der Waals surface area (Å²) in [7, 11) is 0. The van der Waals surface area contributed by atoms with Gasteiger partial charge in [0.1, 0.15) is 12.4 Å². The molecule has 6 heteroatoms. The molecule has 36 heavy (non-hydrogen) atoms. The standard InChI is InChI=1S/C30H32N4O2/c1-21(2)34(25-14-8-5-9-15-25)29(36)20-33-27-17-11-10-16-26(27)31-30(33)24-18-28(35)32(19-24)22(3)23-12-6-4-7-13-23/h4-17,21-22,24H,18-20H2,1-3H3. The average molecular weight is 481 g/mol. The second kappa shape index (κ2) is 9.97. The highest BCUT2D eigenvalue weighted by Crippen LogP contribution is 2.35. The number of carbonyl (C=O) groups excluding carboxylic acids is 2. The molecule has 2 atom stereocenters. The Labute approximate surface area is 212 Å². The number of hydrogen-bond acceptors (Lipinski definition) is 3. The Morgan fingerprint density at radius 2 is 1.58 bits per heavy atom. The van der Waals surface area contributed by atoms with Crippen LogP contribution in [0, 0.1) is 0 Å². The Kier molecular flexibility index (Phi) is 6.59. The number of likely N-dealkylation sites (tertiary alicyclic amines) is 1. The van der Waals surface area contributed by atoms with Crippen molar-refractivity contribution in [1.82, 2.24) is 14.5 Å². The highest BCUT2D eigenvalue weighted by Gasteiger charge is 2.37. The van der Waals surface area contributed by atoms with Crippen molar-refractivity contribution in [3.05, 3.63) is 96.3 Å². The van der Waals surface area contributed by atoms with Gasteiger partial charge in [-0.1, -0.05) is 60.7 Å². The number of amides is 2. The van der Waals surface area contributed by atoms with Crippen LogP contribution in [0.1, 0.15) is 50.5 Å². The second-order valence-corrected chi connectivity index (χ2v) is 9.77. The molecule has 5 rings (SSSR count). The third kappa shape index (κ3) is 4.51. The lowest BCUT2D eigenvalue weighted by atomic mass is 10.1. The Hall–Kier alpha value is -3.93. The van der Waals surface area contributed by atoms with Crippen LogP contribution in [0.4, 0.5) is 5.69 Å². The zero-order valence-electron chi connectivity index (χ0n) is 21.0. The fourth-order valence-electron chi connectivity index (χ4n) is 5.29. The monoisotopic (exact) mass is 480 g/mol. The number of para-hydroxylation sites is 3. The van der Waals surface area contributed by atoms with Crippen LogP contribution in [0.3, 0.4) is 0 Å². The zero-order chi connectivity index (χ0) is 25.2. The summed E-state index contributed by atoms with van der Waals surface area (Å²) >= 11 is 0. The van der Waals surface area contributed by atoms with Crippen LogP contribution in [0.2, 0.25) is 0 Å². The lowest BCUT2D eigenvalue weighted by Crippen LogP contribution is -2.39. The van der Waals surface area contributed by atoms with E-state index in [0.717, 1.165) is 28.1 Å². The fourth-order valence-corrected chi connectivity index (χ4v) is 5.29. The number of carbonyl (C=O) groups is 2.